The summed E-state index contributed by atoms with van der Waals surface area (Å²) in [6, 6.07) is 64.3. The number of aromatic nitrogens is 4. The van der Waals surface area contributed by atoms with Gasteiger partial charge in [-0.05, 0) is 87.1 Å². The topological polar surface area (TPSA) is 69.9 Å². The quantitative estimate of drug-likeness (QED) is 0.176. The molecule has 0 spiro atoms. The van der Waals surface area contributed by atoms with E-state index in [2.05, 4.69) is 152 Å². The summed E-state index contributed by atoms with van der Waals surface area (Å²) < 4.78 is 15.0. The molecule has 13 aromatic rings. The standard InChI is InChI=1S/C58H36N4O2.C2H6/c1-58(2)46-28-25-34(30-45(46)53-37-13-4-3-12-33(37)24-29-47(53)58)38-17-11-18-44-39-14-5-8-19-48(39)62(54(38)44)57-60-55(35-22-26-42-40-15-6-9-20-49(40)63-51(42)31-35)59-56(61-57)36-23-27-43-41-16-7-10-21-50(41)64-52(43)32-36;1-2/h3-32H,1-2H3;1-2H3. The summed E-state index contributed by atoms with van der Waals surface area (Å²) in [6.07, 6.45) is 0. The number of para-hydroxylation sites is 4. The molecule has 6 nitrogen and oxygen atoms in total. The van der Waals surface area contributed by atoms with E-state index in [0.717, 1.165) is 87.9 Å². The van der Waals surface area contributed by atoms with Gasteiger partial charge in [-0.1, -0.05) is 161 Å². The lowest BCUT2D eigenvalue weighted by atomic mass is 9.82. The van der Waals surface area contributed by atoms with Gasteiger partial charge in [0.05, 0.1) is 11.0 Å². The molecular formula is C60H42N4O2. The van der Waals surface area contributed by atoms with Gasteiger partial charge in [0, 0.05) is 54.4 Å². The summed E-state index contributed by atoms with van der Waals surface area (Å²) >= 11 is 0. The van der Waals surface area contributed by atoms with Crippen molar-refractivity contribution in [3.63, 3.8) is 0 Å². The van der Waals surface area contributed by atoms with Crippen LogP contribution in [0.25, 0.3) is 127 Å². The third-order valence-corrected chi connectivity index (χ3v) is 13.7. The van der Waals surface area contributed by atoms with E-state index in [1.807, 2.05) is 62.4 Å². The minimum Gasteiger partial charge on any atom is -0.456 e. The Kier molecular flexibility index (Phi) is 8.28. The smallest absolute Gasteiger partial charge is 0.238 e. The fourth-order valence-electron chi connectivity index (χ4n) is 10.6. The molecule has 4 aromatic heterocycles. The van der Waals surface area contributed by atoms with Crippen LogP contribution in [0.15, 0.2) is 191 Å². The van der Waals surface area contributed by atoms with E-state index in [4.69, 9.17) is 23.8 Å². The molecule has 0 amide bonds. The normalized spacial score (nSPS) is 13.0. The molecule has 314 valence electrons. The minimum absolute atomic E-state index is 0.136. The van der Waals surface area contributed by atoms with Gasteiger partial charge in [-0.3, -0.25) is 4.57 Å². The molecule has 0 bridgehead atoms. The van der Waals surface area contributed by atoms with Crippen molar-refractivity contribution >= 4 is 76.5 Å². The molecule has 0 radical (unpaired) electrons. The molecule has 1 aliphatic carbocycles. The van der Waals surface area contributed by atoms with E-state index in [9.17, 15) is 0 Å². The SMILES string of the molecule is CC.CC1(C)c2ccc(-c3cccc4c5ccccc5n(-c5nc(-c6ccc7c(c6)oc6ccccc67)nc(-c6ccc7c(c6)oc6ccccc67)n5)c34)cc2-c2c1ccc1ccccc21. The van der Waals surface area contributed by atoms with Gasteiger partial charge < -0.3 is 8.83 Å². The summed E-state index contributed by atoms with van der Waals surface area (Å²) in [5.74, 6) is 1.60. The van der Waals surface area contributed by atoms with Gasteiger partial charge in [0.2, 0.25) is 5.95 Å². The van der Waals surface area contributed by atoms with Crippen LogP contribution in [0.1, 0.15) is 38.8 Å². The van der Waals surface area contributed by atoms with Crippen LogP contribution in [-0.4, -0.2) is 19.5 Å². The summed E-state index contributed by atoms with van der Waals surface area (Å²) in [6.45, 7) is 8.69. The zero-order chi connectivity index (χ0) is 44.3. The van der Waals surface area contributed by atoms with E-state index >= 15 is 0 Å². The fraction of sp³-hybridized carbons (Fsp3) is 0.0833. The molecule has 14 rings (SSSR count). The summed E-state index contributed by atoms with van der Waals surface area (Å²) in [7, 11) is 0. The average molecular weight is 851 g/mol. The summed E-state index contributed by atoms with van der Waals surface area (Å²) in [5, 5.41) is 9.01. The lowest BCUT2D eigenvalue weighted by Gasteiger charge is -2.21. The Morgan fingerprint density at radius 1 is 0.409 bits per heavy atom. The largest absolute Gasteiger partial charge is 0.456 e. The van der Waals surface area contributed by atoms with E-state index in [1.54, 1.807) is 0 Å². The number of benzene rings is 9. The van der Waals surface area contributed by atoms with Crippen molar-refractivity contribution in [2.45, 2.75) is 33.1 Å². The van der Waals surface area contributed by atoms with Crippen LogP contribution >= 0.6 is 0 Å². The molecule has 0 saturated carbocycles. The molecule has 0 fully saturated rings. The molecular weight excluding hydrogens is 809 g/mol. The van der Waals surface area contributed by atoms with Crippen LogP contribution in [0.2, 0.25) is 0 Å². The van der Waals surface area contributed by atoms with Crippen molar-refractivity contribution in [3.8, 4) is 51.0 Å². The Morgan fingerprint density at radius 3 is 1.64 bits per heavy atom. The highest BCUT2D eigenvalue weighted by Crippen LogP contribution is 2.52. The van der Waals surface area contributed by atoms with E-state index in [-0.39, 0.29) is 5.41 Å². The Labute approximate surface area is 380 Å². The number of nitrogens with zero attached hydrogens (tertiary/aromatic N) is 4. The maximum Gasteiger partial charge on any atom is 0.238 e. The van der Waals surface area contributed by atoms with Crippen molar-refractivity contribution in [2.75, 3.05) is 0 Å². The van der Waals surface area contributed by atoms with Gasteiger partial charge in [0.1, 0.15) is 22.3 Å². The molecule has 0 aliphatic heterocycles. The van der Waals surface area contributed by atoms with Gasteiger partial charge in [0.15, 0.2) is 11.6 Å². The highest BCUT2D eigenvalue weighted by Gasteiger charge is 2.36. The van der Waals surface area contributed by atoms with Crippen LogP contribution in [0.5, 0.6) is 0 Å². The van der Waals surface area contributed by atoms with Gasteiger partial charge in [-0.15, -0.1) is 0 Å². The Balaban J connectivity index is 0.00000215. The first-order valence-electron chi connectivity index (χ1n) is 22.8. The number of fused-ring (bicyclic) bond motifs is 14. The number of rotatable bonds is 4. The monoisotopic (exact) mass is 850 g/mol. The van der Waals surface area contributed by atoms with E-state index < -0.39 is 0 Å². The highest BCUT2D eigenvalue weighted by atomic mass is 16.3. The van der Waals surface area contributed by atoms with Crippen LogP contribution in [-0.2, 0) is 5.41 Å². The zero-order valence-electron chi connectivity index (χ0n) is 36.9. The lowest BCUT2D eigenvalue weighted by molar-refractivity contribution is 0.661. The second kappa shape index (κ2) is 14.3. The highest BCUT2D eigenvalue weighted by molar-refractivity contribution is 6.14. The third-order valence-electron chi connectivity index (χ3n) is 13.7. The van der Waals surface area contributed by atoms with Crippen LogP contribution in [0.3, 0.4) is 0 Å². The van der Waals surface area contributed by atoms with Gasteiger partial charge in [0.25, 0.3) is 0 Å². The number of furan rings is 2. The van der Waals surface area contributed by atoms with Crippen molar-refractivity contribution < 1.29 is 8.83 Å². The molecule has 0 saturated heterocycles. The predicted molar refractivity (Wildman–Crippen MR) is 271 cm³/mol. The predicted octanol–water partition coefficient (Wildman–Crippen LogP) is 16.3. The van der Waals surface area contributed by atoms with Crippen molar-refractivity contribution in [1.82, 2.24) is 19.5 Å². The molecule has 9 aromatic carbocycles. The first-order valence-corrected chi connectivity index (χ1v) is 22.8. The zero-order valence-corrected chi connectivity index (χ0v) is 36.9. The third kappa shape index (κ3) is 5.51. The molecule has 1 aliphatic rings. The van der Waals surface area contributed by atoms with Crippen molar-refractivity contribution in [2.24, 2.45) is 0 Å². The minimum atomic E-state index is -0.136. The molecule has 0 N–H and O–H groups in total. The molecule has 66 heavy (non-hydrogen) atoms. The van der Waals surface area contributed by atoms with Crippen LogP contribution < -0.4 is 0 Å². The number of hydrogen-bond donors (Lipinski definition) is 0. The van der Waals surface area contributed by atoms with E-state index in [0.29, 0.717) is 17.6 Å². The molecule has 4 heterocycles. The molecule has 0 atom stereocenters. The second-order valence-electron chi connectivity index (χ2n) is 17.5. The Bertz CT molecular complexity index is 4000. The average Bonchev–Trinajstić information content (AvgIpc) is 4.10. The maximum absolute atomic E-state index is 6.39. The van der Waals surface area contributed by atoms with Gasteiger partial charge in [-0.25, -0.2) is 4.98 Å². The molecule has 6 heteroatoms. The van der Waals surface area contributed by atoms with Gasteiger partial charge >= 0.3 is 0 Å². The fourth-order valence-corrected chi connectivity index (χ4v) is 10.6. The number of hydrogen-bond acceptors (Lipinski definition) is 5. The summed E-state index contributed by atoms with van der Waals surface area (Å²) in [5.41, 5.74) is 14.3. The first-order chi connectivity index (χ1) is 32.5. The molecule has 0 unspecified atom stereocenters. The van der Waals surface area contributed by atoms with Crippen molar-refractivity contribution in [3.05, 3.63) is 193 Å². The second-order valence-corrected chi connectivity index (χ2v) is 17.5. The lowest BCUT2D eigenvalue weighted by Crippen LogP contribution is -2.14. The van der Waals surface area contributed by atoms with Crippen LogP contribution in [0, 0.1) is 0 Å². The van der Waals surface area contributed by atoms with Crippen LogP contribution in [0.4, 0.5) is 0 Å². The van der Waals surface area contributed by atoms with Gasteiger partial charge in [-0.2, -0.15) is 9.97 Å². The summed E-state index contributed by atoms with van der Waals surface area (Å²) in [4.78, 5) is 16.0. The maximum atomic E-state index is 6.39. The first kappa shape index (κ1) is 38.1. The Hall–Kier alpha value is -8.35. The van der Waals surface area contributed by atoms with Crippen molar-refractivity contribution in [1.29, 1.82) is 0 Å². The van der Waals surface area contributed by atoms with E-state index in [1.165, 1.54) is 33.0 Å². The Morgan fingerprint density at radius 2 is 0.955 bits per heavy atom.